The Morgan fingerprint density at radius 1 is 1.38 bits per heavy atom. The number of rotatable bonds is 4. The molecule has 5 nitrogen and oxygen atoms in total. The fourth-order valence-electron chi connectivity index (χ4n) is 1.11. The standard InChI is InChI=1S/C11H12N2O3/c1-2-9(14)13-8-5-3-7(4-6-8)10(12)11(15)16/h2-6,10H,1,12H2,(H,13,14)(H,15,16)/t10-/m0/s1. The van der Waals surface area contributed by atoms with Gasteiger partial charge in [0.2, 0.25) is 5.91 Å². The maximum atomic E-state index is 11.0. The molecule has 0 radical (unpaired) electrons. The summed E-state index contributed by atoms with van der Waals surface area (Å²) in [5.74, 6) is -1.42. The summed E-state index contributed by atoms with van der Waals surface area (Å²) in [5, 5.41) is 11.2. The number of carboxylic acids is 1. The molecule has 0 saturated carbocycles. The smallest absolute Gasteiger partial charge is 0.325 e. The summed E-state index contributed by atoms with van der Waals surface area (Å²) in [4.78, 5) is 21.6. The van der Waals surface area contributed by atoms with E-state index in [-0.39, 0.29) is 5.91 Å². The first-order valence-corrected chi connectivity index (χ1v) is 4.56. The predicted molar refractivity (Wildman–Crippen MR) is 59.8 cm³/mol. The second-order valence-electron chi connectivity index (χ2n) is 3.13. The zero-order chi connectivity index (χ0) is 12.1. The van der Waals surface area contributed by atoms with Crippen LogP contribution >= 0.6 is 0 Å². The lowest BCUT2D eigenvalue weighted by Crippen LogP contribution is -2.20. The highest BCUT2D eigenvalue weighted by molar-refractivity contribution is 5.98. The van der Waals surface area contributed by atoms with Gasteiger partial charge in [-0.2, -0.15) is 0 Å². The summed E-state index contributed by atoms with van der Waals surface area (Å²) in [6.45, 7) is 3.32. The third kappa shape index (κ3) is 2.93. The Kier molecular flexibility index (Phi) is 3.79. The largest absolute Gasteiger partial charge is 0.480 e. The molecular formula is C11H12N2O3. The first-order valence-electron chi connectivity index (χ1n) is 4.56. The summed E-state index contributed by atoms with van der Waals surface area (Å²) >= 11 is 0. The topological polar surface area (TPSA) is 92.4 Å². The van der Waals surface area contributed by atoms with Crippen molar-refractivity contribution in [2.45, 2.75) is 6.04 Å². The van der Waals surface area contributed by atoms with Crippen LogP contribution in [0.5, 0.6) is 0 Å². The quantitative estimate of drug-likeness (QED) is 0.657. The minimum Gasteiger partial charge on any atom is -0.480 e. The van der Waals surface area contributed by atoms with E-state index in [1.54, 1.807) is 24.3 Å². The number of hydrogen-bond donors (Lipinski definition) is 3. The Labute approximate surface area is 92.6 Å². The van der Waals surface area contributed by atoms with Gasteiger partial charge in [0.1, 0.15) is 6.04 Å². The number of anilines is 1. The average Bonchev–Trinajstić information content (AvgIpc) is 2.28. The molecule has 1 amide bonds. The van der Waals surface area contributed by atoms with Gasteiger partial charge in [-0.05, 0) is 23.8 Å². The van der Waals surface area contributed by atoms with Crippen molar-refractivity contribution in [2.24, 2.45) is 5.73 Å². The maximum absolute atomic E-state index is 11.0. The minimum atomic E-state index is -1.09. The van der Waals surface area contributed by atoms with Gasteiger partial charge < -0.3 is 16.2 Å². The van der Waals surface area contributed by atoms with Crippen molar-refractivity contribution in [1.82, 2.24) is 0 Å². The van der Waals surface area contributed by atoms with Crippen LogP contribution in [-0.4, -0.2) is 17.0 Å². The molecule has 4 N–H and O–H groups in total. The molecule has 0 aliphatic carbocycles. The van der Waals surface area contributed by atoms with Gasteiger partial charge in [-0.15, -0.1) is 0 Å². The van der Waals surface area contributed by atoms with Crippen molar-refractivity contribution in [3.05, 3.63) is 42.5 Å². The maximum Gasteiger partial charge on any atom is 0.325 e. The van der Waals surface area contributed by atoms with Crippen LogP contribution in [0, 0.1) is 0 Å². The summed E-state index contributed by atoms with van der Waals surface area (Å²) in [6.07, 6.45) is 1.15. The highest BCUT2D eigenvalue weighted by Gasteiger charge is 2.13. The Bertz CT molecular complexity index is 412. The van der Waals surface area contributed by atoms with Crippen LogP contribution in [0.3, 0.4) is 0 Å². The van der Waals surface area contributed by atoms with E-state index in [0.717, 1.165) is 6.08 Å². The van der Waals surface area contributed by atoms with E-state index in [9.17, 15) is 9.59 Å². The Morgan fingerprint density at radius 3 is 2.38 bits per heavy atom. The van der Waals surface area contributed by atoms with Crippen LogP contribution in [0.4, 0.5) is 5.69 Å². The van der Waals surface area contributed by atoms with Crippen LogP contribution in [0.15, 0.2) is 36.9 Å². The number of hydrogen-bond acceptors (Lipinski definition) is 3. The van der Waals surface area contributed by atoms with Gasteiger partial charge in [-0.1, -0.05) is 18.7 Å². The number of nitrogens with two attached hydrogens (primary N) is 1. The number of carboxylic acid groups (broad SMARTS) is 1. The molecule has 1 rings (SSSR count). The molecule has 84 valence electrons. The lowest BCUT2D eigenvalue weighted by atomic mass is 10.1. The van der Waals surface area contributed by atoms with Gasteiger partial charge in [0.15, 0.2) is 0 Å². The molecular weight excluding hydrogens is 208 g/mol. The molecule has 0 fully saturated rings. The monoisotopic (exact) mass is 220 g/mol. The van der Waals surface area contributed by atoms with E-state index >= 15 is 0 Å². The summed E-state index contributed by atoms with van der Waals surface area (Å²) in [5.41, 5.74) is 6.45. The van der Waals surface area contributed by atoms with Crippen molar-refractivity contribution in [3.8, 4) is 0 Å². The fourth-order valence-corrected chi connectivity index (χ4v) is 1.11. The van der Waals surface area contributed by atoms with Gasteiger partial charge in [0.25, 0.3) is 0 Å². The second-order valence-corrected chi connectivity index (χ2v) is 3.13. The summed E-state index contributed by atoms with van der Waals surface area (Å²) < 4.78 is 0. The third-order valence-corrected chi connectivity index (χ3v) is 1.99. The molecule has 5 heteroatoms. The number of benzene rings is 1. The molecule has 0 aromatic heterocycles. The highest BCUT2D eigenvalue weighted by Crippen LogP contribution is 2.14. The number of carbonyl (C=O) groups excluding carboxylic acids is 1. The Balaban J connectivity index is 2.79. The van der Waals surface area contributed by atoms with Gasteiger partial charge in [-0.3, -0.25) is 9.59 Å². The van der Waals surface area contributed by atoms with E-state index in [4.69, 9.17) is 10.8 Å². The van der Waals surface area contributed by atoms with Gasteiger partial charge in [0, 0.05) is 5.69 Å². The Hall–Kier alpha value is -2.14. The molecule has 0 aliphatic rings. The van der Waals surface area contributed by atoms with Crippen LogP contribution < -0.4 is 11.1 Å². The molecule has 0 saturated heterocycles. The summed E-state index contributed by atoms with van der Waals surface area (Å²) in [6, 6.07) is 5.22. The number of amides is 1. The van der Waals surface area contributed by atoms with Crippen molar-refractivity contribution in [2.75, 3.05) is 5.32 Å². The molecule has 1 aromatic rings. The van der Waals surface area contributed by atoms with Crippen LogP contribution in [0.2, 0.25) is 0 Å². The van der Waals surface area contributed by atoms with Crippen LogP contribution in [0.25, 0.3) is 0 Å². The lowest BCUT2D eigenvalue weighted by molar-refractivity contribution is -0.138. The van der Waals surface area contributed by atoms with E-state index in [0.29, 0.717) is 11.3 Å². The van der Waals surface area contributed by atoms with E-state index in [1.807, 2.05) is 0 Å². The lowest BCUT2D eigenvalue weighted by Gasteiger charge is -2.07. The van der Waals surface area contributed by atoms with E-state index in [1.165, 1.54) is 0 Å². The number of nitrogens with one attached hydrogen (secondary N) is 1. The molecule has 0 unspecified atom stereocenters. The zero-order valence-electron chi connectivity index (χ0n) is 8.51. The normalized spacial score (nSPS) is 11.6. The SMILES string of the molecule is C=CC(=O)Nc1ccc([C@H](N)C(=O)O)cc1. The minimum absolute atomic E-state index is 0.324. The Morgan fingerprint density at radius 2 is 1.94 bits per heavy atom. The summed E-state index contributed by atoms with van der Waals surface area (Å²) in [7, 11) is 0. The molecule has 16 heavy (non-hydrogen) atoms. The molecule has 1 atom stereocenters. The number of carbonyl (C=O) groups is 2. The molecule has 0 heterocycles. The van der Waals surface area contributed by atoms with E-state index < -0.39 is 12.0 Å². The first-order chi connectivity index (χ1) is 7.54. The average molecular weight is 220 g/mol. The van der Waals surface area contributed by atoms with Crippen molar-refractivity contribution < 1.29 is 14.7 Å². The van der Waals surface area contributed by atoms with Crippen molar-refractivity contribution >= 4 is 17.6 Å². The molecule has 1 aromatic carbocycles. The molecule has 0 spiro atoms. The molecule has 0 bridgehead atoms. The molecule has 0 aliphatic heterocycles. The third-order valence-electron chi connectivity index (χ3n) is 1.99. The fraction of sp³-hybridized carbons (Fsp3) is 0.0909. The number of aliphatic carboxylic acids is 1. The second kappa shape index (κ2) is 5.09. The van der Waals surface area contributed by atoms with Crippen molar-refractivity contribution in [3.63, 3.8) is 0 Å². The zero-order valence-corrected chi connectivity index (χ0v) is 8.51. The van der Waals surface area contributed by atoms with E-state index in [2.05, 4.69) is 11.9 Å². The predicted octanol–water partition coefficient (Wildman–Crippen LogP) is 0.895. The van der Waals surface area contributed by atoms with Crippen LogP contribution in [0.1, 0.15) is 11.6 Å². The van der Waals surface area contributed by atoms with Crippen molar-refractivity contribution in [1.29, 1.82) is 0 Å². The first kappa shape index (κ1) is 11.9. The highest BCUT2D eigenvalue weighted by atomic mass is 16.4. The van der Waals surface area contributed by atoms with Crippen LogP contribution in [-0.2, 0) is 9.59 Å². The van der Waals surface area contributed by atoms with Gasteiger partial charge in [-0.25, -0.2) is 0 Å². The van der Waals surface area contributed by atoms with Gasteiger partial charge in [0.05, 0.1) is 0 Å². The van der Waals surface area contributed by atoms with Gasteiger partial charge >= 0.3 is 5.97 Å².